The number of non-ortho nitro benzene ring substituents is 1. The van der Waals surface area contributed by atoms with Gasteiger partial charge < -0.3 is 14.8 Å². The molecule has 0 aliphatic rings. The van der Waals surface area contributed by atoms with Crippen LogP contribution in [0.25, 0.3) is 0 Å². The van der Waals surface area contributed by atoms with Gasteiger partial charge in [-0.3, -0.25) is 14.9 Å². The number of ether oxygens (including phenoxy) is 2. The van der Waals surface area contributed by atoms with Crippen molar-refractivity contribution in [3.05, 3.63) is 93.5 Å². The highest BCUT2D eigenvalue weighted by atomic mass is 16.6. The number of amides is 1. The Labute approximate surface area is 195 Å². The summed E-state index contributed by atoms with van der Waals surface area (Å²) in [4.78, 5) is 34.5. The Balaban J connectivity index is 1.57. The van der Waals surface area contributed by atoms with Gasteiger partial charge >= 0.3 is 5.97 Å². The first-order valence-electron chi connectivity index (χ1n) is 10.1. The average molecular weight is 462 g/mol. The highest BCUT2D eigenvalue weighted by molar-refractivity contribution is 5.92. The van der Waals surface area contributed by atoms with Crippen LogP contribution >= 0.6 is 0 Å². The molecule has 1 amide bonds. The largest absolute Gasteiger partial charge is 0.493 e. The van der Waals surface area contributed by atoms with Crippen LogP contribution in [0, 0.1) is 17.0 Å². The van der Waals surface area contributed by atoms with E-state index >= 15 is 0 Å². The summed E-state index contributed by atoms with van der Waals surface area (Å²) in [7, 11) is 1.41. The summed E-state index contributed by atoms with van der Waals surface area (Å²) < 4.78 is 10.6. The van der Waals surface area contributed by atoms with Gasteiger partial charge in [-0.2, -0.15) is 5.10 Å². The second-order valence-corrected chi connectivity index (χ2v) is 7.12. The van der Waals surface area contributed by atoms with Gasteiger partial charge in [0, 0.05) is 17.8 Å². The van der Waals surface area contributed by atoms with Gasteiger partial charge in [0.1, 0.15) is 0 Å². The molecule has 0 bridgehead atoms. The van der Waals surface area contributed by atoms with Gasteiger partial charge in [-0.25, -0.2) is 10.2 Å². The van der Waals surface area contributed by atoms with Crippen LogP contribution < -0.4 is 20.2 Å². The molecule has 10 nitrogen and oxygen atoms in total. The number of methoxy groups -OCH3 is 1. The number of nitro benzene ring substituents is 1. The van der Waals surface area contributed by atoms with Crippen LogP contribution in [0.2, 0.25) is 0 Å². The van der Waals surface area contributed by atoms with E-state index in [-0.39, 0.29) is 35.2 Å². The normalized spacial score (nSPS) is 10.5. The first-order chi connectivity index (χ1) is 16.4. The number of anilines is 1. The zero-order chi connectivity index (χ0) is 24.5. The van der Waals surface area contributed by atoms with Crippen LogP contribution in [0.5, 0.6) is 11.5 Å². The molecule has 3 aromatic carbocycles. The third-order valence-electron chi connectivity index (χ3n) is 4.58. The fourth-order valence-corrected chi connectivity index (χ4v) is 2.88. The first-order valence-corrected chi connectivity index (χ1v) is 10.1. The highest BCUT2D eigenvalue weighted by Gasteiger charge is 2.14. The summed E-state index contributed by atoms with van der Waals surface area (Å²) >= 11 is 0. The molecule has 0 spiro atoms. The van der Waals surface area contributed by atoms with E-state index in [1.807, 2.05) is 31.2 Å². The Morgan fingerprint density at radius 2 is 1.82 bits per heavy atom. The number of hydrogen-bond donors (Lipinski definition) is 2. The van der Waals surface area contributed by atoms with Crippen molar-refractivity contribution in [2.75, 3.05) is 19.0 Å². The lowest BCUT2D eigenvalue weighted by Gasteiger charge is -2.10. The number of esters is 1. The summed E-state index contributed by atoms with van der Waals surface area (Å²) in [5.74, 6) is -0.581. The summed E-state index contributed by atoms with van der Waals surface area (Å²) in [6.07, 6.45) is 1.43. The van der Waals surface area contributed by atoms with Gasteiger partial charge in [0.25, 0.3) is 11.6 Å². The number of nitrogens with zero attached hydrogens (tertiary/aromatic N) is 2. The average Bonchev–Trinajstić information content (AvgIpc) is 2.83. The van der Waals surface area contributed by atoms with Gasteiger partial charge in [-0.05, 0) is 60.5 Å². The molecule has 34 heavy (non-hydrogen) atoms. The standard InChI is InChI=1S/C24H22N4O6/c1-16-4-3-5-19(12-16)25-15-23(29)27-26-14-17-6-11-21(22(13-17)33-2)34-24(30)18-7-9-20(10-8-18)28(31)32/h3-14,25H,15H2,1-2H3,(H,27,29). The molecule has 0 saturated carbocycles. The zero-order valence-corrected chi connectivity index (χ0v) is 18.5. The van der Waals surface area contributed by atoms with E-state index < -0.39 is 10.9 Å². The molecule has 0 fully saturated rings. The van der Waals surface area contributed by atoms with Crippen molar-refractivity contribution in [3.8, 4) is 11.5 Å². The molecular formula is C24H22N4O6. The van der Waals surface area contributed by atoms with Gasteiger partial charge in [-0.15, -0.1) is 0 Å². The third kappa shape index (κ3) is 6.63. The summed E-state index contributed by atoms with van der Waals surface area (Å²) in [6, 6.07) is 17.4. The van der Waals surface area contributed by atoms with Gasteiger partial charge in [0.2, 0.25) is 0 Å². The van der Waals surface area contributed by atoms with Gasteiger partial charge in [-0.1, -0.05) is 12.1 Å². The number of hydrazone groups is 1. The molecular weight excluding hydrogens is 440 g/mol. The van der Waals surface area contributed by atoms with E-state index in [4.69, 9.17) is 9.47 Å². The molecule has 0 aliphatic carbocycles. The Hall–Kier alpha value is -4.73. The predicted molar refractivity (Wildman–Crippen MR) is 126 cm³/mol. The summed E-state index contributed by atoms with van der Waals surface area (Å²) in [5, 5.41) is 17.7. The van der Waals surface area contributed by atoms with Gasteiger partial charge in [0.05, 0.1) is 30.4 Å². The minimum absolute atomic E-state index is 0.0572. The SMILES string of the molecule is COc1cc(C=NNC(=O)CNc2cccc(C)c2)ccc1OC(=O)c1ccc([N+](=O)[O-])cc1. The second-order valence-electron chi connectivity index (χ2n) is 7.12. The predicted octanol–water partition coefficient (Wildman–Crippen LogP) is 3.69. The Morgan fingerprint density at radius 1 is 1.06 bits per heavy atom. The van der Waals surface area contributed by atoms with Crippen molar-refractivity contribution >= 4 is 29.5 Å². The molecule has 3 rings (SSSR count). The molecule has 0 atom stereocenters. The second kappa shape index (κ2) is 11.2. The molecule has 174 valence electrons. The number of carbonyl (C=O) groups is 2. The summed E-state index contributed by atoms with van der Waals surface area (Å²) in [6.45, 7) is 2.02. The van der Waals surface area contributed by atoms with Crippen LogP contribution in [0.15, 0.2) is 71.8 Å². The maximum Gasteiger partial charge on any atom is 0.343 e. The zero-order valence-electron chi connectivity index (χ0n) is 18.5. The molecule has 0 aliphatic heterocycles. The molecule has 10 heteroatoms. The van der Waals surface area contributed by atoms with Crippen LogP contribution in [0.1, 0.15) is 21.5 Å². The van der Waals surface area contributed by atoms with Crippen molar-refractivity contribution in [2.24, 2.45) is 5.10 Å². The quantitative estimate of drug-likeness (QED) is 0.163. The molecule has 2 N–H and O–H groups in total. The van der Waals surface area contributed by atoms with Crippen molar-refractivity contribution in [2.45, 2.75) is 6.92 Å². The first kappa shape index (κ1) is 23.9. The number of benzene rings is 3. The molecule has 0 saturated heterocycles. The number of carbonyl (C=O) groups excluding carboxylic acids is 2. The fourth-order valence-electron chi connectivity index (χ4n) is 2.88. The molecule has 0 heterocycles. The minimum atomic E-state index is -0.692. The number of nitro groups is 1. The van der Waals surface area contributed by atoms with E-state index in [1.54, 1.807) is 12.1 Å². The van der Waals surface area contributed by atoms with Crippen molar-refractivity contribution in [1.82, 2.24) is 5.43 Å². The fraction of sp³-hybridized carbons (Fsp3) is 0.125. The van der Waals surface area contributed by atoms with E-state index in [2.05, 4.69) is 15.8 Å². The maximum absolute atomic E-state index is 12.4. The Morgan fingerprint density at radius 3 is 2.50 bits per heavy atom. The Bertz CT molecular complexity index is 1220. The number of nitrogens with one attached hydrogen (secondary N) is 2. The van der Waals surface area contributed by atoms with Crippen molar-refractivity contribution < 1.29 is 24.0 Å². The van der Waals surface area contributed by atoms with Crippen LogP contribution in [-0.2, 0) is 4.79 Å². The third-order valence-corrected chi connectivity index (χ3v) is 4.58. The van der Waals surface area contributed by atoms with E-state index in [1.165, 1.54) is 43.7 Å². The number of rotatable bonds is 9. The lowest BCUT2D eigenvalue weighted by molar-refractivity contribution is -0.384. The molecule has 0 radical (unpaired) electrons. The molecule has 0 aromatic heterocycles. The molecule has 0 unspecified atom stereocenters. The van der Waals surface area contributed by atoms with E-state index in [0.29, 0.717) is 5.56 Å². The number of aryl methyl sites for hydroxylation is 1. The summed E-state index contributed by atoms with van der Waals surface area (Å²) in [5.41, 5.74) is 4.97. The topological polar surface area (TPSA) is 132 Å². The number of hydrogen-bond acceptors (Lipinski definition) is 8. The van der Waals surface area contributed by atoms with Crippen LogP contribution in [0.4, 0.5) is 11.4 Å². The van der Waals surface area contributed by atoms with Crippen LogP contribution in [0.3, 0.4) is 0 Å². The smallest absolute Gasteiger partial charge is 0.343 e. The van der Waals surface area contributed by atoms with E-state index in [9.17, 15) is 19.7 Å². The van der Waals surface area contributed by atoms with E-state index in [0.717, 1.165) is 11.3 Å². The highest BCUT2D eigenvalue weighted by Crippen LogP contribution is 2.28. The lowest BCUT2D eigenvalue weighted by atomic mass is 10.2. The van der Waals surface area contributed by atoms with Crippen LogP contribution in [-0.4, -0.2) is 36.7 Å². The minimum Gasteiger partial charge on any atom is -0.493 e. The maximum atomic E-state index is 12.4. The monoisotopic (exact) mass is 462 g/mol. The lowest BCUT2D eigenvalue weighted by Crippen LogP contribution is -2.25. The van der Waals surface area contributed by atoms with Crippen molar-refractivity contribution in [1.29, 1.82) is 0 Å². The molecule has 3 aromatic rings. The van der Waals surface area contributed by atoms with Crippen molar-refractivity contribution in [3.63, 3.8) is 0 Å². The Kier molecular flexibility index (Phi) is 7.90. The van der Waals surface area contributed by atoms with Gasteiger partial charge in [0.15, 0.2) is 11.5 Å².